The molecule has 10 heteroatoms. The normalized spacial score (nSPS) is 8.31. The second-order valence-electron chi connectivity index (χ2n) is 5.83. The first-order chi connectivity index (χ1) is 14.4. The third-order valence-electron chi connectivity index (χ3n) is 3.39. The van der Waals surface area contributed by atoms with Gasteiger partial charge in [-0.15, -0.1) is 0 Å². The van der Waals surface area contributed by atoms with E-state index in [0.717, 1.165) is 11.1 Å². The van der Waals surface area contributed by atoms with Gasteiger partial charge in [-0.2, -0.15) is 0 Å². The molecule has 0 fully saturated rings. The summed E-state index contributed by atoms with van der Waals surface area (Å²) in [6.07, 6.45) is 10.2. The Morgan fingerprint density at radius 1 is 0.688 bits per heavy atom. The van der Waals surface area contributed by atoms with Gasteiger partial charge in [0, 0.05) is 24.8 Å². The topological polar surface area (TPSA) is 171 Å². The molecular formula is C22H25CdN4O5+. The molecule has 0 unspecified atom stereocenters. The molecule has 0 spiro atoms. The predicted octanol–water partition coefficient (Wildman–Crippen LogP) is 0.612. The summed E-state index contributed by atoms with van der Waals surface area (Å²) in [5, 5.41) is 20.4. The Morgan fingerprint density at radius 2 is 1.00 bits per heavy atom. The van der Waals surface area contributed by atoms with Gasteiger partial charge in [-0.1, -0.05) is 59.7 Å². The van der Waals surface area contributed by atoms with Gasteiger partial charge in [0.15, 0.2) is 0 Å². The van der Waals surface area contributed by atoms with Crippen molar-refractivity contribution in [1.29, 1.82) is 0 Å². The Labute approximate surface area is 206 Å². The Balaban J connectivity index is 0. The third kappa shape index (κ3) is 14.6. The first kappa shape index (κ1) is 30.9. The van der Waals surface area contributed by atoms with Crippen LogP contribution < -0.4 is 10.2 Å². The Bertz CT molecular complexity index is 843. The van der Waals surface area contributed by atoms with Gasteiger partial charge in [-0.25, -0.2) is 9.97 Å². The van der Waals surface area contributed by atoms with Crippen molar-refractivity contribution in [1.82, 2.24) is 19.9 Å². The zero-order valence-electron chi connectivity index (χ0n) is 17.9. The number of carbonyl (C=O) groups excluding carboxylic acids is 2. The van der Waals surface area contributed by atoms with Crippen LogP contribution in [0.25, 0.3) is 0 Å². The van der Waals surface area contributed by atoms with Gasteiger partial charge in [0.05, 0.1) is 24.6 Å². The van der Waals surface area contributed by atoms with Crippen LogP contribution in [0.5, 0.6) is 0 Å². The molecule has 0 bridgehead atoms. The van der Waals surface area contributed by atoms with E-state index in [4.69, 9.17) is 0 Å². The molecule has 0 radical (unpaired) electrons. The molecule has 2 aromatic heterocycles. The van der Waals surface area contributed by atoms with Crippen molar-refractivity contribution in [2.75, 3.05) is 0 Å². The van der Waals surface area contributed by atoms with Crippen molar-refractivity contribution in [3.05, 3.63) is 108 Å². The monoisotopic (exact) mass is 539 g/mol. The van der Waals surface area contributed by atoms with E-state index in [2.05, 4.69) is 19.9 Å². The maximum absolute atomic E-state index is 10.2. The SMILES string of the molecule is Cc1ccc(C(=O)[O-])cc1.Cc1ccc(C(=O)[O-])cc1.[Cd+2].[OH3+].c1c[nH]cn1.c1c[nH]cn1. The molecule has 0 aliphatic rings. The van der Waals surface area contributed by atoms with E-state index in [9.17, 15) is 19.8 Å². The summed E-state index contributed by atoms with van der Waals surface area (Å²) in [4.78, 5) is 33.2. The van der Waals surface area contributed by atoms with Crippen molar-refractivity contribution in [2.24, 2.45) is 0 Å². The number of carboxylic acid groups (broad SMARTS) is 2. The third-order valence-corrected chi connectivity index (χ3v) is 3.39. The number of H-pyrrole nitrogens is 2. The van der Waals surface area contributed by atoms with Crippen molar-refractivity contribution >= 4 is 11.9 Å². The molecule has 9 nitrogen and oxygen atoms in total. The van der Waals surface area contributed by atoms with E-state index in [1.165, 1.54) is 24.3 Å². The van der Waals surface area contributed by atoms with Gasteiger partial charge in [0.2, 0.25) is 0 Å². The number of benzene rings is 2. The molecule has 164 valence electrons. The van der Waals surface area contributed by atoms with Crippen LogP contribution in [-0.2, 0) is 32.8 Å². The first-order valence-corrected chi connectivity index (χ1v) is 8.81. The summed E-state index contributed by atoms with van der Waals surface area (Å²) in [6, 6.07) is 13.1. The van der Waals surface area contributed by atoms with Crippen molar-refractivity contribution in [3.8, 4) is 0 Å². The molecule has 4 rings (SSSR count). The number of aryl methyl sites for hydroxylation is 2. The minimum Gasteiger partial charge on any atom is -0.545 e. The molecule has 0 aliphatic heterocycles. The Morgan fingerprint density at radius 3 is 1.16 bits per heavy atom. The van der Waals surface area contributed by atoms with E-state index in [1.807, 2.05) is 13.8 Å². The first-order valence-electron chi connectivity index (χ1n) is 8.81. The molecule has 4 aromatic rings. The minimum atomic E-state index is -1.12. The molecule has 2 heterocycles. The van der Waals surface area contributed by atoms with Gasteiger partial charge in [0.1, 0.15) is 0 Å². The number of imidazole rings is 2. The number of aromatic carboxylic acids is 2. The summed E-state index contributed by atoms with van der Waals surface area (Å²) < 4.78 is 0. The fraction of sp³-hybridized carbons (Fsp3) is 0.0909. The molecule has 0 saturated carbocycles. The number of nitrogens with zero attached hydrogens (tertiary/aromatic N) is 2. The number of carbonyl (C=O) groups is 2. The number of aromatic amines is 2. The smallest absolute Gasteiger partial charge is 0.545 e. The maximum atomic E-state index is 10.2. The van der Waals surface area contributed by atoms with E-state index >= 15 is 0 Å². The van der Waals surface area contributed by atoms with Crippen molar-refractivity contribution < 1.29 is 52.6 Å². The number of rotatable bonds is 2. The van der Waals surface area contributed by atoms with Crippen LogP contribution >= 0.6 is 0 Å². The molecule has 2 aromatic carbocycles. The van der Waals surface area contributed by atoms with Crippen molar-refractivity contribution in [3.63, 3.8) is 0 Å². The largest absolute Gasteiger partial charge is 2.00 e. The summed E-state index contributed by atoms with van der Waals surface area (Å²) in [6.45, 7) is 3.80. The van der Waals surface area contributed by atoms with Crippen LogP contribution in [-0.4, -0.2) is 31.9 Å². The number of hydrogen-bond acceptors (Lipinski definition) is 6. The molecule has 0 saturated heterocycles. The van der Waals surface area contributed by atoms with E-state index in [1.54, 1.807) is 61.7 Å². The quantitative estimate of drug-likeness (QED) is 0.280. The van der Waals surface area contributed by atoms with Gasteiger partial charge in [0.25, 0.3) is 0 Å². The van der Waals surface area contributed by atoms with Crippen LogP contribution in [0.3, 0.4) is 0 Å². The maximum Gasteiger partial charge on any atom is 2.00 e. The Kier molecular flexibility index (Phi) is 17.8. The molecule has 0 atom stereocenters. The van der Waals surface area contributed by atoms with Crippen molar-refractivity contribution in [2.45, 2.75) is 13.8 Å². The number of aromatic nitrogens is 4. The predicted molar refractivity (Wildman–Crippen MR) is 113 cm³/mol. The number of carboxylic acids is 2. The van der Waals surface area contributed by atoms with Gasteiger partial charge in [-0.3, -0.25) is 0 Å². The molecule has 0 amide bonds. The minimum absolute atomic E-state index is 0. The molecule has 0 aliphatic carbocycles. The van der Waals surface area contributed by atoms with E-state index in [0.29, 0.717) is 0 Å². The van der Waals surface area contributed by atoms with Gasteiger partial charge in [-0.05, 0) is 25.0 Å². The average Bonchev–Trinajstić information content (AvgIpc) is 3.48. The molecular weight excluding hydrogens is 513 g/mol. The van der Waals surface area contributed by atoms with Crippen LogP contribution in [0.15, 0.2) is 86.0 Å². The van der Waals surface area contributed by atoms with Gasteiger partial charge < -0.3 is 35.2 Å². The second kappa shape index (κ2) is 18.5. The summed E-state index contributed by atoms with van der Waals surface area (Å²) in [5.41, 5.74) is 2.55. The standard InChI is InChI=1S/2C8H8O2.2C3H4N2.Cd.H2O/c2*1-6-2-4-7(5-3-6)8(9)10;2*1-2-5-3-4-1;;/h2*2-5H,1H3,(H,9,10);2*1-3H,(H,4,5);;1H2/q;;;;+2;/p-1. The van der Waals surface area contributed by atoms with Crippen LogP contribution in [0, 0.1) is 13.8 Å². The number of nitrogens with one attached hydrogen (secondary N) is 2. The van der Waals surface area contributed by atoms with E-state index < -0.39 is 11.9 Å². The van der Waals surface area contributed by atoms with E-state index in [-0.39, 0.29) is 43.9 Å². The summed E-state index contributed by atoms with van der Waals surface area (Å²) in [7, 11) is 0. The zero-order chi connectivity index (χ0) is 22.2. The zero-order valence-corrected chi connectivity index (χ0v) is 21.9. The molecule has 32 heavy (non-hydrogen) atoms. The van der Waals surface area contributed by atoms with Crippen LogP contribution in [0.4, 0.5) is 0 Å². The summed E-state index contributed by atoms with van der Waals surface area (Å²) >= 11 is 0. The van der Waals surface area contributed by atoms with Gasteiger partial charge >= 0.3 is 27.3 Å². The van der Waals surface area contributed by atoms with Crippen LogP contribution in [0.1, 0.15) is 31.8 Å². The fourth-order valence-electron chi connectivity index (χ4n) is 1.81. The molecule has 5 N–H and O–H groups in total. The fourth-order valence-corrected chi connectivity index (χ4v) is 1.81. The van der Waals surface area contributed by atoms with Crippen LogP contribution in [0.2, 0.25) is 0 Å². The Hall–Kier alpha value is -3.32. The number of hydrogen-bond donors (Lipinski definition) is 2. The average molecular weight is 538 g/mol. The summed E-state index contributed by atoms with van der Waals surface area (Å²) in [5.74, 6) is -2.25. The second-order valence-corrected chi connectivity index (χ2v) is 5.83.